The van der Waals surface area contributed by atoms with E-state index in [2.05, 4.69) is 5.32 Å². The lowest BCUT2D eigenvalue weighted by Gasteiger charge is -2.16. The Morgan fingerprint density at radius 1 is 1.25 bits per heavy atom. The molecule has 0 aliphatic rings. The van der Waals surface area contributed by atoms with Gasteiger partial charge in [0.1, 0.15) is 11.6 Å². The van der Waals surface area contributed by atoms with Gasteiger partial charge in [-0.2, -0.15) is 0 Å². The van der Waals surface area contributed by atoms with E-state index in [1.54, 1.807) is 20.8 Å². The van der Waals surface area contributed by atoms with Crippen molar-refractivity contribution in [3.8, 4) is 0 Å². The van der Waals surface area contributed by atoms with Gasteiger partial charge in [0.05, 0.1) is 6.04 Å². The summed E-state index contributed by atoms with van der Waals surface area (Å²) in [5, 5.41) is 2.65. The van der Waals surface area contributed by atoms with Crippen LogP contribution in [0.5, 0.6) is 0 Å². The molecule has 1 aromatic carbocycles. The first-order valence-corrected chi connectivity index (χ1v) is 5.17. The zero-order valence-electron chi connectivity index (χ0n) is 9.55. The normalized spacial score (nSPS) is 12.6. The van der Waals surface area contributed by atoms with E-state index in [4.69, 9.17) is 0 Å². The van der Waals surface area contributed by atoms with Crippen molar-refractivity contribution in [3.05, 3.63) is 35.4 Å². The maximum absolute atomic E-state index is 13.4. The monoisotopic (exact) mass is 227 g/mol. The van der Waals surface area contributed by atoms with Gasteiger partial charge in [-0.25, -0.2) is 8.78 Å². The van der Waals surface area contributed by atoms with Gasteiger partial charge in [-0.1, -0.05) is 19.9 Å². The molecule has 0 fully saturated rings. The van der Waals surface area contributed by atoms with Crippen molar-refractivity contribution >= 4 is 5.91 Å². The average Bonchev–Trinajstić information content (AvgIpc) is 2.16. The zero-order valence-corrected chi connectivity index (χ0v) is 9.55. The number of rotatable bonds is 3. The smallest absolute Gasteiger partial charge is 0.223 e. The molecule has 16 heavy (non-hydrogen) atoms. The number of nitrogens with one attached hydrogen (secondary N) is 1. The van der Waals surface area contributed by atoms with Crippen molar-refractivity contribution in [3.63, 3.8) is 0 Å². The molecule has 2 nitrogen and oxygen atoms in total. The molecule has 0 heterocycles. The van der Waals surface area contributed by atoms with Crippen molar-refractivity contribution in [1.29, 1.82) is 0 Å². The molecule has 1 atom stereocenters. The largest absolute Gasteiger partial charge is 0.349 e. The van der Waals surface area contributed by atoms with Crippen LogP contribution in [0, 0.1) is 17.6 Å². The van der Waals surface area contributed by atoms with Gasteiger partial charge >= 0.3 is 0 Å². The predicted octanol–water partition coefficient (Wildman–Crippen LogP) is 2.80. The molecule has 0 radical (unpaired) electrons. The Morgan fingerprint density at radius 2 is 1.88 bits per heavy atom. The van der Waals surface area contributed by atoms with E-state index in [1.807, 2.05) is 0 Å². The maximum atomic E-state index is 13.4. The summed E-state index contributed by atoms with van der Waals surface area (Å²) >= 11 is 0. The molecule has 0 saturated heterocycles. The highest BCUT2D eigenvalue weighted by molar-refractivity contribution is 5.78. The third kappa shape index (κ3) is 3.02. The van der Waals surface area contributed by atoms with E-state index in [9.17, 15) is 13.6 Å². The second-order valence-corrected chi connectivity index (χ2v) is 4.05. The quantitative estimate of drug-likeness (QED) is 0.845. The highest BCUT2D eigenvalue weighted by Gasteiger charge is 2.15. The summed E-state index contributed by atoms with van der Waals surface area (Å²) in [6.45, 7) is 5.17. The van der Waals surface area contributed by atoms with E-state index < -0.39 is 17.7 Å². The van der Waals surface area contributed by atoms with Crippen LogP contribution in [0.1, 0.15) is 32.4 Å². The van der Waals surface area contributed by atoms with E-state index in [-0.39, 0.29) is 17.4 Å². The van der Waals surface area contributed by atoms with Gasteiger partial charge in [0.15, 0.2) is 0 Å². The van der Waals surface area contributed by atoms with Gasteiger partial charge < -0.3 is 5.32 Å². The fourth-order valence-electron chi connectivity index (χ4n) is 1.31. The molecule has 1 amide bonds. The van der Waals surface area contributed by atoms with Gasteiger partial charge in [-0.05, 0) is 13.0 Å². The molecule has 0 spiro atoms. The molecule has 0 saturated carbocycles. The van der Waals surface area contributed by atoms with Gasteiger partial charge in [0.2, 0.25) is 5.91 Å². The Balaban J connectivity index is 2.80. The molecular weight excluding hydrogens is 212 g/mol. The average molecular weight is 227 g/mol. The molecular formula is C12H15F2NO. The van der Waals surface area contributed by atoms with E-state index >= 15 is 0 Å². The Bertz CT molecular complexity index is 391. The molecule has 1 rings (SSSR count). The second-order valence-electron chi connectivity index (χ2n) is 4.05. The topological polar surface area (TPSA) is 29.1 Å². The van der Waals surface area contributed by atoms with Crippen LogP contribution in [0.2, 0.25) is 0 Å². The molecule has 0 aromatic heterocycles. The molecule has 0 aliphatic carbocycles. The molecule has 1 aromatic rings. The first kappa shape index (κ1) is 12.6. The van der Waals surface area contributed by atoms with Crippen molar-refractivity contribution in [2.45, 2.75) is 26.8 Å². The van der Waals surface area contributed by atoms with Crippen LogP contribution in [0.15, 0.2) is 18.2 Å². The Kier molecular flexibility index (Phi) is 3.99. The summed E-state index contributed by atoms with van der Waals surface area (Å²) in [7, 11) is 0. The van der Waals surface area contributed by atoms with Crippen LogP contribution < -0.4 is 5.32 Å². The fraction of sp³-hybridized carbons (Fsp3) is 0.417. The summed E-state index contributed by atoms with van der Waals surface area (Å²) in [5.74, 6) is -1.58. The van der Waals surface area contributed by atoms with Crippen LogP contribution in [-0.4, -0.2) is 5.91 Å². The summed E-state index contributed by atoms with van der Waals surface area (Å²) in [6.07, 6.45) is 0. The first-order valence-electron chi connectivity index (χ1n) is 5.17. The Labute approximate surface area is 93.7 Å². The third-order valence-electron chi connectivity index (χ3n) is 2.31. The lowest BCUT2D eigenvalue weighted by Crippen LogP contribution is -2.30. The molecule has 1 unspecified atom stereocenters. The highest BCUT2D eigenvalue weighted by Crippen LogP contribution is 2.17. The van der Waals surface area contributed by atoms with Crippen LogP contribution in [0.4, 0.5) is 8.78 Å². The number of hydrogen-bond donors (Lipinski definition) is 1. The minimum absolute atomic E-state index is 0.156. The van der Waals surface area contributed by atoms with Gasteiger partial charge in [-0.15, -0.1) is 0 Å². The molecule has 0 bridgehead atoms. The van der Waals surface area contributed by atoms with Crippen molar-refractivity contribution in [2.24, 2.45) is 5.92 Å². The molecule has 1 N–H and O–H groups in total. The van der Waals surface area contributed by atoms with Gasteiger partial charge in [0.25, 0.3) is 0 Å². The minimum Gasteiger partial charge on any atom is -0.349 e. The predicted molar refractivity (Wildman–Crippen MR) is 57.8 cm³/mol. The lowest BCUT2D eigenvalue weighted by molar-refractivity contribution is -0.124. The van der Waals surface area contributed by atoms with Crippen LogP contribution >= 0.6 is 0 Å². The van der Waals surface area contributed by atoms with Crippen LogP contribution in [-0.2, 0) is 4.79 Å². The lowest BCUT2D eigenvalue weighted by atomic mass is 10.1. The maximum Gasteiger partial charge on any atom is 0.223 e. The van der Waals surface area contributed by atoms with Crippen LogP contribution in [0.25, 0.3) is 0 Å². The van der Waals surface area contributed by atoms with Crippen LogP contribution in [0.3, 0.4) is 0 Å². The van der Waals surface area contributed by atoms with E-state index in [0.29, 0.717) is 0 Å². The second kappa shape index (κ2) is 5.05. The minimum atomic E-state index is -0.642. The molecule has 88 valence electrons. The molecule has 4 heteroatoms. The number of amides is 1. The fourth-order valence-corrected chi connectivity index (χ4v) is 1.31. The van der Waals surface area contributed by atoms with Crippen molar-refractivity contribution in [1.82, 2.24) is 5.32 Å². The Hall–Kier alpha value is -1.45. The van der Waals surface area contributed by atoms with Gasteiger partial charge in [0, 0.05) is 17.5 Å². The highest BCUT2D eigenvalue weighted by atomic mass is 19.1. The van der Waals surface area contributed by atoms with Crippen molar-refractivity contribution < 1.29 is 13.6 Å². The Morgan fingerprint density at radius 3 is 2.38 bits per heavy atom. The number of benzene rings is 1. The summed E-state index contributed by atoms with van der Waals surface area (Å²) in [4.78, 5) is 11.4. The number of carbonyl (C=O) groups excluding carboxylic acids is 1. The summed E-state index contributed by atoms with van der Waals surface area (Å²) in [6, 6.07) is 2.87. The summed E-state index contributed by atoms with van der Waals surface area (Å²) in [5.41, 5.74) is 0.287. The molecule has 0 aliphatic heterocycles. The van der Waals surface area contributed by atoms with E-state index in [0.717, 1.165) is 6.07 Å². The zero-order chi connectivity index (χ0) is 12.3. The summed E-state index contributed by atoms with van der Waals surface area (Å²) < 4.78 is 26.0. The number of halogens is 2. The van der Waals surface area contributed by atoms with Crippen molar-refractivity contribution in [2.75, 3.05) is 0 Å². The number of carbonyl (C=O) groups is 1. The third-order valence-corrected chi connectivity index (χ3v) is 2.31. The van der Waals surface area contributed by atoms with Gasteiger partial charge in [-0.3, -0.25) is 4.79 Å². The first-order chi connectivity index (χ1) is 7.41. The number of hydrogen-bond acceptors (Lipinski definition) is 1. The standard InChI is InChI=1S/C12H15F2NO/c1-7(2)12(16)15-8(3)10-5-4-9(13)6-11(10)14/h4-8H,1-3H3,(H,15,16). The SMILES string of the molecule is CC(C)C(=O)NC(C)c1ccc(F)cc1F. The van der Waals surface area contributed by atoms with E-state index in [1.165, 1.54) is 12.1 Å².